The van der Waals surface area contributed by atoms with E-state index in [0.717, 1.165) is 24.0 Å². The number of methoxy groups -OCH3 is 1. The molecule has 0 spiro atoms. The van der Waals surface area contributed by atoms with Crippen LogP contribution in [0.5, 0.6) is 11.5 Å². The van der Waals surface area contributed by atoms with Crippen LogP contribution in [0.4, 0.5) is 4.39 Å². The monoisotopic (exact) mass is 508 g/mol. The summed E-state index contributed by atoms with van der Waals surface area (Å²) in [6.07, 6.45) is 8.31. The highest BCUT2D eigenvalue weighted by atomic mass is 19.1. The van der Waals surface area contributed by atoms with Crippen LogP contribution in [0.25, 0.3) is 6.08 Å². The number of carbonyl (C=O) groups excluding carboxylic acids is 1. The normalized spacial score (nSPS) is 12.9. The van der Waals surface area contributed by atoms with Crippen LogP contribution < -0.4 is 9.47 Å². The molecule has 0 radical (unpaired) electrons. The predicted molar refractivity (Wildman–Crippen MR) is 145 cm³/mol. The zero-order valence-corrected chi connectivity index (χ0v) is 21.2. The quantitative estimate of drug-likeness (QED) is 0.260. The first kappa shape index (κ1) is 25.2. The number of aromatic nitrogens is 1. The molecule has 0 saturated heterocycles. The summed E-state index contributed by atoms with van der Waals surface area (Å²) in [5.41, 5.74) is 5.14. The fourth-order valence-electron chi connectivity index (χ4n) is 4.71. The summed E-state index contributed by atoms with van der Waals surface area (Å²) in [6.45, 7) is 0.760. The number of hydrogen-bond acceptors (Lipinski definition) is 4. The van der Waals surface area contributed by atoms with Crippen LogP contribution in [0, 0.1) is 5.82 Å². The zero-order valence-electron chi connectivity index (χ0n) is 21.2. The molecule has 0 aliphatic heterocycles. The van der Waals surface area contributed by atoms with Crippen molar-refractivity contribution < 1.29 is 18.7 Å². The molecule has 0 atom stereocenters. The molecule has 1 aliphatic carbocycles. The van der Waals surface area contributed by atoms with Crippen LogP contribution in [-0.2, 0) is 30.7 Å². The van der Waals surface area contributed by atoms with Crippen molar-refractivity contribution in [2.24, 2.45) is 0 Å². The third-order valence-corrected chi connectivity index (χ3v) is 6.61. The van der Waals surface area contributed by atoms with Crippen molar-refractivity contribution in [1.29, 1.82) is 0 Å². The van der Waals surface area contributed by atoms with E-state index in [9.17, 15) is 9.18 Å². The average molecular weight is 509 g/mol. The minimum Gasteiger partial charge on any atom is -0.493 e. The zero-order chi connectivity index (χ0) is 26.3. The summed E-state index contributed by atoms with van der Waals surface area (Å²) >= 11 is 0. The molecule has 1 aromatic heterocycles. The lowest BCUT2D eigenvalue weighted by Gasteiger charge is -2.23. The topological polar surface area (TPSA) is 51.7 Å². The Kier molecular flexibility index (Phi) is 7.78. The van der Waals surface area contributed by atoms with Gasteiger partial charge in [-0.05, 0) is 70.3 Å². The van der Waals surface area contributed by atoms with Gasteiger partial charge in [-0.3, -0.25) is 9.78 Å². The minimum atomic E-state index is -0.343. The lowest BCUT2D eigenvalue weighted by Crippen LogP contribution is -2.28. The smallest absolute Gasteiger partial charge is 0.247 e. The summed E-state index contributed by atoms with van der Waals surface area (Å²) < 4.78 is 25.6. The molecule has 0 bridgehead atoms. The van der Waals surface area contributed by atoms with E-state index in [0.29, 0.717) is 30.2 Å². The number of halogens is 1. The van der Waals surface area contributed by atoms with Gasteiger partial charge in [0.25, 0.3) is 0 Å². The minimum absolute atomic E-state index is 0.0601. The summed E-state index contributed by atoms with van der Waals surface area (Å²) in [5, 5.41) is 0. The SMILES string of the molecule is COc1cc(CN(Cc2ccncc2)C(=O)C=Cc2cccc(F)c2)ccc1OC1Cc2ccccc2C1. The fraction of sp³-hybridized carbons (Fsp3) is 0.188. The van der Waals surface area contributed by atoms with Gasteiger partial charge in [0.1, 0.15) is 11.9 Å². The number of amides is 1. The summed E-state index contributed by atoms with van der Waals surface area (Å²) in [5.74, 6) is 0.787. The molecule has 38 heavy (non-hydrogen) atoms. The molecule has 0 N–H and O–H groups in total. The van der Waals surface area contributed by atoms with Crippen LogP contribution in [0.15, 0.2) is 97.3 Å². The molecule has 5 nitrogen and oxygen atoms in total. The number of rotatable bonds is 9. The second-order valence-corrected chi connectivity index (χ2v) is 9.34. The molecule has 0 unspecified atom stereocenters. The van der Waals surface area contributed by atoms with Crippen molar-refractivity contribution in [1.82, 2.24) is 9.88 Å². The van der Waals surface area contributed by atoms with E-state index in [1.54, 1.807) is 42.6 Å². The van der Waals surface area contributed by atoms with Crippen LogP contribution in [0.1, 0.15) is 27.8 Å². The molecule has 1 heterocycles. The van der Waals surface area contributed by atoms with Crippen molar-refractivity contribution in [3.63, 3.8) is 0 Å². The molecule has 192 valence electrons. The highest BCUT2D eigenvalue weighted by Crippen LogP contribution is 2.33. The summed E-state index contributed by atoms with van der Waals surface area (Å²) in [4.78, 5) is 19.0. The first-order valence-electron chi connectivity index (χ1n) is 12.6. The van der Waals surface area contributed by atoms with E-state index in [1.807, 2.05) is 30.3 Å². The maximum Gasteiger partial charge on any atom is 0.247 e. The van der Waals surface area contributed by atoms with Crippen molar-refractivity contribution in [3.8, 4) is 11.5 Å². The number of carbonyl (C=O) groups is 1. The average Bonchev–Trinajstić information content (AvgIpc) is 3.35. The van der Waals surface area contributed by atoms with E-state index < -0.39 is 0 Å². The molecule has 0 fully saturated rings. The number of pyridine rings is 1. The van der Waals surface area contributed by atoms with Crippen molar-refractivity contribution in [2.75, 3.05) is 7.11 Å². The molecular formula is C32H29FN2O3. The lowest BCUT2D eigenvalue weighted by molar-refractivity contribution is -0.127. The van der Waals surface area contributed by atoms with Gasteiger partial charge in [-0.2, -0.15) is 0 Å². The van der Waals surface area contributed by atoms with Gasteiger partial charge in [-0.25, -0.2) is 4.39 Å². The number of ether oxygens (including phenoxy) is 2. The molecule has 0 saturated carbocycles. The third kappa shape index (κ3) is 6.27. The molecule has 1 amide bonds. The van der Waals surface area contributed by atoms with Crippen LogP contribution in [0.3, 0.4) is 0 Å². The Morgan fingerprint density at radius 3 is 2.37 bits per heavy atom. The van der Waals surface area contributed by atoms with Gasteiger partial charge in [0.15, 0.2) is 11.5 Å². The Hall–Kier alpha value is -4.45. The Balaban J connectivity index is 1.32. The molecule has 6 heteroatoms. The highest BCUT2D eigenvalue weighted by molar-refractivity contribution is 5.91. The van der Waals surface area contributed by atoms with Gasteiger partial charge in [-0.1, -0.05) is 42.5 Å². The van der Waals surface area contributed by atoms with Crippen LogP contribution in [0.2, 0.25) is 0 Å². The third-order valence-electron chi connectivity index (χ3n) is 6.61. The van der Waals surface area contributed by atoms with E-state index in [1.165, 1.54) is 29.3 Å². The van der Waals surface area contributed by atoms with Crippen molar-refractivity contribution in [3.05, 3.63) is 131 Å². The molecule has 3 aromatic carbocycles. The van der Waals surface area contributed by atoms with E-state index in [4.69, 9.17) is 9.47 Å². The van der Waals surface area contributed by atoms with Gasteiger partial charge >= 0.3 is 0 Å². The Morgan fingerprint density at radius 1 is 0.921 bits per heavy atom. The van der Waals surface area contributed by atoms with Crippen molar-refractivity contribution in [2.45, 2.75) is 32.0 Å². The standard InChI is InChI=1S/C32H29FN2O3/c1-37-31-18-25(9-11-30(31)38-29-19-26-6-2-3-7-27(26)20-29)22-35(21-24-13-15-34-16-14-24)32(36)12-10-23-5-4-8-28(33)17-23/h2-18,29H,19-22H2,1H3. The number of fused-ring (bicyclic) bond motifs is 1. The van der Waals surface area contributed by atoms with Gasteiger partial charge in [0.2, 0.25) is 5.91 Å². The molecule has 1 aliphatic rings. The van der Waals surface area contributed by atoms with Gasteiger partial charge in [0, 0.05) is 44.4 Å². The number of hydrogen-bond donors (Lipinski definition) is 0. The Labute approximate surface area is 222 Å². The Morgan fingerprint density at radius 2 is 1.66 bits per heavy atom. The second kappa shape index (κ2) is 11.7. The number of nitrogens with zero attached hydrogens (tertiary/aromatic N) is 2. The van der Waals surface area contributed by atoms with Gasteiger partial charge < -0.3 is 14.4 Å². The van der Waals surface area contributed by atoms with Gasteiger partial charge in [0.05, 0.1) is 7.11 Å². The summed E-state index contributed by atoms with van der Waals surface area (Å²) in [7, 11) is 1.62. The van der Waals surface area contributed by atoms with Crippen molar-refractivity contribution >= 4 is 12.0 Å². The molecule has 4 aromatic rings. The second-order valence-electron chi connectivity index (χ2n) is 9.34. The lowest BCUT2D eigenvalue weighted by atomic mass is 10.1. The predicted octanol–water partition coefficient (Wildman–Crippen LogP) is 6.02. The van der Waals surface area contributed by atoms with E-state index >= 15 is 0 Å². The first-order chi connectivity index (χ1) is 18.6. The molecule has 5 rings (SSSR count). The maximum absolute atomic E-state index is 13.6. The number of benzene rings is 3. The van der Waals surface area contributed by atoms with Crippen LogP contribution >= 0.6 is 0 Å². The van der Waals surface area contributed by atoms with Crippen LogP contribution in [-0.4, -0.2) is 29.0 Å². The largest absolute Gasteiger partial charge is 0.493 e. The first-order valence-corrected chi connectivity index (χ1v) is 12.6. The summed E-state index contributed by atoms with van der Waals surface area (Å²) in [6, 6.07) is 24.1. The highest BCUT2D eigenvalue weighted by Gasteiger charge is 2.24. The van der Waals surface area contributed by atoms with Gasteiger partial charge in [-0.15, -0.1) is 0 Å². The molecular weight excluding hydrogens is 479 g/mol. The Bertz CT molecular complexity index is 1410. The fourth-order valence-corrected chi connectivity index (χ4v) is 4.71. The maximum atomic E-state index is 13.6. The van der Waals surface area contributed by atoms with E-state index in [2.05, 4.69) is 29.2 Å². The van der Waals surface area contributed by atoms with E-state index in [-0.39, 0.29) is 17.8 Å².